The first-order chi connectivity index (χ1) is 19.8. The molecule has 41 heavy (non-hydrogen) atoms. The van der Waals surface area contributed by atoms with Crippen molar-refractivity contribution >= 4 is 45.8 Å². The van der Waals surface area contributed by atoms with Crippen LogP contribution in [0.3, 0.4) is 0 Å². The molecule has 3 N–H and O–H groups in total. The molecule has 2 heterocycles. The summed E-state index contributed by atoms with van der Waals surface area (Å²) in [6.07, 6.45) is 1.46. The minimum atomic E-state index is -1.90. The molecule has 13 heteroatoms. The van der Waals surface area contributed by atoms with Crippen LogP contribution in [0.1, 0.15) is 37.0 Å². The van der Waals surface area contributed by atoms with E-state index in [-0.39, 0.29) is 36.9 Å². The quantitative estimate of drug-likeness (QED) is 0.314. The van der Waals surface area contributed by atoms with Crippen molar-refractivity contribution in [3.05, 3.63) is 60.3 Å². The van der Waals surface area contributed by atoms with Crippen LogP contribution < -0.4 is 10.6 Å². The molecule has 12 nitrogen and oxygen atoms in total. The second-order valence-corrected chi connectivity index (χ2v) is 10.4. The lowest BCUT2D eigenvalue weighted by Gasteiger charge is -2.26. The number of likely N-dealkylation sites (tertiary alicyclic amines) is 1. The summed E-state index contributed by atoms with van der Waals surface area (Å²) in [7, 11) is -1.90. The third kappa shape index (κ3) is 7.86. The van der Waals surface area contributed by atoms with Gasteiger partial charge in [0.2, 0.25) is 5.95 Å². The molecule has 0 radical (unpaired) electrons. The number of hydrogen-bond donors (Lipinski definition) is 3. The van der Waals surface area contributed by atoms with Crippen molar-refractivity contribution in [3.8, 4) is 11.1 Å². The molecule has 1 aliphatic rings. The first-order valence-electron chi connectivity index (χ1n) is 13.1. The van der Waals surface area contributed by atoms with E-state index in [0.29, 0.717) is 59.0 Å². The van der Waals surface area contributed by atoms with Crippen LogP contribution in [0.5, 0.6) is 0 Å². The summed E-state index contributed by atoms with van der Waals surface area (Å²) in [5.41, 5.74) is 2.43. The zero-order valence-electron chi connectivity index (χ0n) is 22.7. The van der Waals surface area contributed by atoms with E-state index < -0.39 is 16.7 Å². The lowest BCUT2D eigenvalue weighted by molar-refractivity contribution is -0.120. The smallest absolute Gasteiger partial charge is 0.410 e. The Balaban J connectivity index is 1.57. The number of hydrogen-bond acceptors (Lipinski definition) is 11. The zero-order valence-corrected chi connectivity index (χ0v) is 23.5. The standard InChI is InChI=1S/C28H31N6O6S/c1-3-40-28(38)33-41(39)23-9-7-21(8-10-23)31-27-29-16-24(25(32-27)30-18(2)17-35)19-5-4-6-20(15-19)26(37)34-13-11-22(36)12-14-34/h4-10,15-16,18,35H,3,11-14,17H2,1-2H3,(H2,29,30,31,32)/q-1/t18-/m1/s1. The molecule has 216 valence electrons. The molecule has 4 rings (SSSR count). The molecule has 1 aliphatic heterocycles. The molecule has 0 unspecified atom stereocenters. The van der Waals surface area contributed by atoms with Gasteiger partial charge in [-0.1, -0.05) is 29.2 Å². The molecular formula is C28H31N6O6S-. The Kier molecular flexibility index (Phi) is 9.98. The van der Waals surface area contributed by atoms with Gasteiger partial charge in [0.1, 0.15) is 11.6 Å². The van der Waals surface area contributed by atoms with E-state index in [9.17, 15) is 23.7 Å². The van der Waals surface area contributed by atoms with Gasteiger partial charge < -0.3 is 29.6 Å². The van der Waals surface area contributed by atoms with Crippen LogP contribution in [-0.2, 0) is 24.3 Å². The Hall–Kier alpha value is -4.36. The van der Waals surface area contributed by atoms with E-state index in [1.165, 1.54) is 0 Å². The Morgan fingerprint density at radius 2 is 1.90 bits per heavy atom. The van der Waals surface area contributed by atoms with Crippen molar-refractivity contribution in [3.63, 3.8) is 0 Å². The van der Waals surface area contributed by atoms with E-state index in [2.05, 4.69) is 25.0 Å². The highest BCUT2D eigenvalue weighted by atomic mass is 32.2. The van der Waals surface area contributed by atoms with Gasteiger partial charge in [-0.05, 0) is 43.7 Å². The summed E-state index contributed by atoms with van der Waals surface area (Å²) in [5.74, 6) is 0.730. The zero-order chi connectivity index (χ0) is 29.4. The number of Topliss-reactive ketones (excluding diaryl/α,β-unsaturated/α-hetero) is 1. The Labute approximate surface area is 239 Å². The van der Waals surface area contributed by atoms with Crippen LogP contribution in [0.4, 0.5) is 22.2 Å². The molecule has 1 fully saturated rings. The number of aliphatic hydroxyl groups excluding tert-OH is 1. The maximum atomic E-state index is 13.1. The molecule has 0 spiro atoms. The number of benzene rings is 2. The van der Waals surface area contributed by atoms with Gasteiger partial charge in [-0.3, -0.25) is 14.0 Å². The molecule has 0 aliphatic carbocycles. The first kappa shape index (κ1) is 29.6. The Bertz CT molecular complexity index is 1500. The summed E-state index contributed by atoms with van der Waals surface area (Å²) < 4.78 is 20.4. The molecule has 2 amide bonds. The van der Waals surface area contributed by atoms with Gasteiger partial charge in [-0.25, -0.2) is 9.78 Å². The number of carbonyl (C=O) groups is 3. The number of amides is 2. The first-order valence-corrected chi connectivity index (χ1v) is 14.2. The minimum Gasteiger partial charge on any atom is -0.450 e. The lowest BCUT2D eigenvalue weighted by Crippen LogP contribution is -2.38. The van der Waals surface area contributed by atoms with Gasteiger partial charge in [0.15, 0.2) is 0 Å². The number of rotatable bonds is 9. The topological polar surface area (TPSA) is 163 Å². The third-order valence-electron chi connectivity index (χ3n) is 6.21. The summed E-state index contributed by atoms with van der Waals surface area (Å²) in [6.45, 7) is 4.26. The second kappa shape index (κ2) is 13.8. The molecule has 0 saturated carbocycles. The average Bonchev–Trinajstić information content (AvgIpc) is 2.98. The van der Waals surface area contributed by atoms with Crippen molar-refractivity contribution in [2.45, 2.75) is 37.6 Å². The van der Waals surface area contributed by atoms with Crippen molar-refractivity contribution in [1.29, 1.82) is 0 Å². The third-order valence-corrected chi connectivity index (χ3v) is 7.20. The number of aromatic nitrogens is 2. The predicted octanol–water partition coefficient (Wildman–Crippen LogP) is 4.15. The van der Waals surface area contributed by atoms with Gasteiger partial charge >= 0.3 is 6.09 Å². The molecule has 2 aromatic carbocycles. The molecule has 3 aromatic rings. The van der Waals surface area contributed by atoms with Gasteiger partial charge in [-0.2, -0.15) is 4.98 Å². The summed E-state index contributed by atoms with van der Waals surface area (Å²) >= 11 is 0. The number of carbonyl (C=O) groups excluding carboxylic acids is 3. The van der Waals surface area contributed by atoms with Gasteiger partial charge in [0.25, 0.3) is 5.91 Å². The van der Waals surface area contributed by atoms with E-state index >= 15 is 0 Å². The van der Waals surface area contributed by atoms with Gasteiger partial charge in [0.05, 0.1) is 13.2 Å². The number of nitrogens with zero attached hydrogens (tertiary/aromatic N) is 4. The van der Waals surface area contributed by atoms with Crippen molar-refractivity contribution in [2.24, 2.45) is 4.36 Å². The fourth-order valence-corrected chi connectivity index (χ4v) is 4.72. The van der Waals surface area contributed by atoms with Crippen molar-refractivity contribution < 1.29 is 28.4 Å². The average molecular weight is 580 g/mol. The Morgan fingerprint density at radius 3 is 2.59 bits per heavy atom. The lowest BCUT2D eigenvalue weighted by atomic mass is 10.0. The number of piperidine rings is 1. The van der Waals surface area contributed by atoms with Crippen LogP contribution in [0, 0.1) is 0 Å². The number of aliphatic hydroxyl groups is 1. The summed E-state index contributed by atoms with van der Waals surface area (Å²) in [6, 6.07) is 13.2. The highest BCUT2D eigenvalue weighted by molar-refractivity contribution is 7.75. The number of ketones is 1. The molecular weight excluding hydrogens is 548 g/mol. The monoisotopic (exact) mass is 579 g/mol. The van der Waals surface area contributed by atoms with E-state index in [1.807, 2.05) is 6.07 Å². The maximum absolute atomic E-state index is 13.1. The van der Waals surface area contributed by atoms with Crippen LogP contribution in [0.2, 0.25) is 0 Å². The molecule has 1 aromatic heterocycles. The van der Waals surface area contributed by atoms with Gasteiger partial charge in [0, 0.05) is 55.0 Å². The van der Waals surface area contributed by atoms with Crippen molar-refractivity contribution in [1.82, 2.24) is 14.9 Å². The SMILES string of the molecule is CCOC(=O)N=[S-](=O)c1ccc(Nc2ncc(-c3cccc(C(=O)N4CCC(=O)CC4)c3)c(N[C@H](C)CO)n2)cc1. The van der Waals surface area contributed by atoms with Crippen LogP contribution in [0.15, 0.2) is 64.0 Å². The summed E-state index contributed by atoms with van der Waals surface area (Å²) in [4.78, 5) is 47.2. The van der Waals surface area contributed by atoms with E-state index in [1.54, 1.807) is 67.4 Å². The fourth-order valence-electron chi connectivity index (χ4n) is 4.06. The normalized spacial score (nSPS) is 14.8. The Morgan fingerprint density at radius 1 is 1.17 bits per heavy atom. The molecule has 1 saturated heterocycles. The van der Waals surface area contributed by atoms with Crippen molar-refractivity contribution in [2.75, 3.05) is 36.9 Å². The molecule has 1 atom stereocenters. The van der Waals surface area contributed by atoms with Gasteiger partial charge in [-0.15, -0.1) is 10.6 Å². The van der Waals surface area contributed by atoms with E-state index in [0.717, 1.165) is 0 Å². The minimum absolute atomic E-state index is 0.131. The van der Waals surface area contributed by atoms with Crippen LogP contribution >= 0.6 is 0 Å². The van der Waals surface area contributed by atoms with Crippen LogP contribution in [-0.4, -0.2) is 70.1 Å². The van der Waals surface area contributed by atoms with Crippen LogP contribution in [0.25, 0.3) is 11.1 Å². The highest BCUT2D eigenvalue weighted by Gasteiger charge is 2.22. The number of ether oxygens (including phenoxy) is 1. The second-order valence-electron chi connectivity index (χ2n) is 9.28. The highest BCUT2D eigenvalue weighted by Crippen LogP contribution is 2.29. The predicted molar refractivity (Wildman–Crippen MR) is 153 cm³/mol. The largest absolute Gasteiger partial charge is 0.450 e. The summed E-state index contributed by atoms with van der Waals surface area (Å²) in [5, 5.41) is 15.9. The maximum Gasteiger partial charge on any atom is 0.410 e. The molecule has 0 bridgehead atoms. The number of anilines is 3. The fraction of sp³-hybridized carbons (Fsp3) is 0.321. The van der Waals surface area contributed by atoms with E-state index in [4.69, 9.17) is 4.74 Å². The number of nitrogens with one attached hydrogen (secondary N) is 2.